The highest BCUT2D eigenvalue weighted by molar-refractivity contribution is 6.31. The number of rotatable bonds is 8. The lowest BCUT2D eigenvalue weighted by atomic mass is 10.1. The summed E-state index contributed by atoms with van der Waals surface area (Å²) in [7, 11) is 3.26. The maximum atomic E-state index is 6.06. The molecule has 0 radical (unpaired) electrons. The van der Waals surface area contributed by atoms with Crippen molar-refractivity contribution in [2.45, 2.75) is 6.42 Å². The molecule has 0 aliphatic carbocycles. The zero-order valence-corrected chi connectivity index (χ0v) is 15.8. The van der Waals surface area contributed by atoms with Crippen molar-refractivity contribution in [2.75, 3.05) is 31.4 Å². The predicted octanol–water partition coefficient (Wildman–Crippen LogP) is 3.94. The second-order valence-corrected chi connectivity index (χ2v) is 6.06. The van der Waals surface area contributed by atoms with E-state index in [2.05, 4.69) is 25.8 Å². The molecule has 0 unspecified atom stereocenters. The number of nitrogens with zero attached hydrogens (tertiary/aromatic N) is 3. The van der Waals surface area contributed by atoms with Crippen LogP contribution < -0.4 is 20.1 Å². The Morgan fingerprint density at radius 1 is 1.04 bits per heavy atom. The van der Waals surface area contributed by atoms with Crippen LogP contribution in [-0.2, 0) is 6.42 Å². The van der Waals surface area contributed by atoms with E-state index in [1.807, 2.05) is 24.3 Å². The highest BCUT2D eigenvalue weighted by Gasteiger charge is 2.07. The molecule has 0 atom stereocenters. The number of para-hydroxylation sites is 1. The summed E-state index contributed by atoms with van der Waals surface area (Å²) < 4.78 is 10.7. The van der Waals surface area contributed by atoms with E-state index in [1.165, 1.54) is 6.20 Å². The van der Waals surface area contributed by atoms with E-state index < -0.39 is 0 Å². The van der Waals surface area contributed by atoms with Gasteiger partial charge >= 0.3 is 0 Å². The number of ether oxygens (including phenoxy) is 2. The summed E-state index contributed by atoms with van der Waals surface area (Å²) in [4.78, 5) is 4.42. The van der Waals surface area contributed by atoms with Crippen LogP contribution in [0.15, 0.2) is 48.7 Å². The monoisotopic (exact) mass is 385 g/mol. The van der Waals surface area contributed by atoms with Crippen LogP contribution in [0.25, 0.3) is 0 Å². The molecule has 7 nitrogen and oxygen atoms in total. The van der Waals surface area contributed by atoms with Gasteiger partial charge in [0.1, 0.15) is 11.5 Å². The summed E-state index contributed by atoms with van der Waals surface area (Å²) in [5.74, 6) is 2.48. The van der Waals surface area contributed by atoms with E-state index in [1.54, 1.807) is 32.4 Å². The minimum atomic E-state index is 0.427. The molecule has 3 rings (SSSR count). The number of hydrogen-bond acceptors (Lipinski definition) is 7. The van der Waals surface area contributed by atoms with Crippen LogP contribution >= 0.6 is 11.6 Å². The van der Waals surface area contributed by atoms with Gasteiger partial charge in [-0.2, -0.15) is 10.1 Å². The topological polar surface area (TPSA) is 81.2 Å². The highest BCUT2D eigenvalue weighted by Crippen LogP contribution is 2.29. The Morgan fingerprint density at radius 2 is 1.85 bits per heavy atom. The first-order chi connectivity index (χ1) is 13.2. The molecule has 3 aromatic rings. The van der Waals surface area contributed by atoms with Crippen molar-refractivity contribution in [3.63, 3.8) is 0 Å². The summed E-state index contributed by atoms with van der Waals surface area (Å²) in [6.07, 6.45) is 2.30. The van der Waals surface area contributed by atoms with Crippen molar-refractivity contribution in [3.05, 3.63) is 59.2 Å². The van der Waals surface area contributed by atoms with Crippen molar-refractivity contribution in [3.8, 4) is 11.5 Å². The Balaban J connectivity index is 1.65. The van der Waals surface area contributed by atoms with Crippen LogP contribution in [0.3, 0.4) is 0 Å². The summed E-state index contributed by atoms with van der Waals surface area (Å²) >= 11 is 6.06. The highest BCUT2D eigenvalue weighted by atomic mass is 35.5. The zero-order chi connectivity index (χ0) is 19.1. The minimum Gasteiger partial charge on any atom is -0.496 e. The van der Waals surface area contributed by atoms with Crippen LogP contribution in [0.4, 0.5) is 17.5 Å². The Labute approximate surface area is 162 Å². The van der Waals surface area contributed by atoms with Crippen molar-refractivity contribution >= 4 is 29.1 Å². The Hall–Kier alpha value is -3.06. The standard InChI is InChI=1S/C19H20ClN5O2/c1-26-16-6-4-3-5-13(16)9-10-21-19-24-18(12-22-25-19)23-15-11-14(20)7-8-17(15)27-2/h3-8,11-12H,9-10H2,1-2H3,(H2,21,23,24,25). The van der Waals surface area contributed by atoms with E-state index in [-0.39, 0.29) is 0 Å². The van der Waals surface area contributed by atoms with Crippen LogP contribution in [-0.4, -0.2) is 35.9 Å². The maximum absolute atomic E-state index is 6.06. The maximum Gasteiger partial charge on any atom is 0.244 e. The number of hydrogen-bond donors (Lipinski definition) is 2. The van der Waals surface area contributed by atoms with Gasteiger partial charge in [-0.1, -0.05) is 29.8 Å². The molecule has 1 heterocycles. The van der Waals surface area contributed by atoms with Gasteiger partial charge < -0.3 is 20.1 Å². The largest absolute Gasteiger partial charge is 0.496 e. The summed E-state index contributed by atoms with van der Waals surface area (Å²) in [5.41, 5.74) is 1.81. The van der Waals surface area contributed by atoms with Crippen LogP contribution in [0, 0.1) is 0 Å². The smallest absolute Gasteiger partial charge is 0.244 e. The quantitative estimate of drug-likeness (QED) is 0.607. The first kappa shape index (κ1) is 18.7. The fourth-order valence-electron chi connectivity index (χ4n) is 2.57. The number of halogens is 1. The zero-order valence-electron chi connectivity index (χ0n) is 15.1. The molecule has 8 heteroatoms. The van der Waals surface area contributed by atoms with Crippen molar-refractivity contribution in [1.82, 2.24) is 15.2 Å². The van der Waals surface area contributed by atoms with Gasteiger partial charge in [0.15, 0.2) is 5.82 Å². The molecule has 0 fully saturated rings. The lowest BCUT2D eigenvalue weighted by Gasteiger charge is -2.12. The molecule has 0 saturated heterocycles. The fraction of sp³-hybridized carbons (Fsp3) is 0.211. The second kappa shape index (κ2) is 9.05. The number of benzene rings is 2. The van der Waals surface area contributed by atoms with Gasteiger partial charge in [0.05, 0.1) is 26.1 Å². The number of anilines is 3. The summed E-state index contributed by atoms with van der Waals surface area (Å²) in [5, 5.41) is 14.9. The minimum absolute atomic E-state index is 0.427. The van der Waals surface area contributed by atoms with Gasteiger partial charge in [-0.15, -0.1) is 5.10 Å². The third-order valence-electron chi connectivity index (χ3n) is 3.85. The molecular weight excluding hydrogens is 366 g/mol. The average molecular weight is 386 g/mol. The average Bonchev–Trinajstić information content (AvgIpc) is 2.69. The van der Waals surface area contributed by atoms with Gasteiger partial charge in [-0.3, -0.25) is 0 Å². The third-order valence-corrected chi connectivity index (χ3v) is 4.09. The fourth-order valence-corrected chi connectivity index (χ4v) is 2.75. The Morgan fingerprint density at radius 3 is 2.67 bits per heavy atom. The Bertz CT molecular complexity index is 907. The third kappa shape index (κ3) is 4.98. The van der Waals surface area contributed by atoms with E-state index in [9.17, 15) is 0 Å². The molecule has 140 valence electrons. The number of nitrogens with one attached hydrogen (secondary N) is 2. The SMILES string of the molecule is COc1ccccc1CCNc1nncc(Nc2cc(Cl)ccc2OC)n1. The molecule has 0 bridgehead atoms. The van der Waals surface area contributed by atoms with Gasteiger partial charge in [-0.05, 0) is 36.2 Å². The first-order valence-corrected chi connectivity index (χ1v) is 8.73. The molecule has 2 aromatic carbocycles. The van der Waals surface area contributed by atoms with Crippen molar-refractivity contribution in [1.29, 1.82) is 0 Å². The first-order valence-electron chi connectivity index (χ1n) is 8.35. The molecular formula is C19H20ClN5O2. The predicted molar refractivity (Wildman–Crippen MR) is 106 cm³/mol. The lowest BCUT2D eigenvalue weighted by molar-refractivity contribution is 0.410. The van der Waals surface area contributed by atoms with Crippen LogP contribution in [0.5, 0.6) is 11.5 Å². The summed E-state index contributed by atoms with van der Waals surface area (Å²) in [6, 6.07) is 13.2. The molecule has 1 aromatic heterocycles. The van der Waals surface area contributed by atoms with Crippen LogP contribution in [0.1, 0.15) is 5.56 Å². The van der Waals surface area contributed by atoms with Crippen molar-refractivity contribution in [2.24, 2.45) is 0 Å². The van der Waals surface area contributed by atoms with Gasteiger partial charge in [0.2, 0.25) is 5.95 Å². The van der Waals surface area contributed by atoms with Gasteiger partial charge in [-0.25, -0.2) is 0 Å². The number of aromatic nitrogens is 3. The lowest BCUT2D eigenvalue weighted by Crippen LogP contribution is -2.10. The number of methoxy groups -OCH3 is 2. The van der Waals surface area contributed by atoms with Gasteiger partial charge in [0, 0.05) is 11.6 Å². The second-order valence-electron chi connectivity index (χ2n) is 5.62. The molecule has 0 amide bonds. The van der Waals surface area contributed by atoms with E-state index in [4.69, 9.17) is 21.1 Å². The molecule has 0 aliphatic heterocycles. The summed E-state index contributed by atoms with van der Waals surface area (Å²) in [6.45, 7) is 0.645. The van der Waals surface area contributed by atoms with Crippen molar-refractivity contribution < 1.29 is 9.47 Å². The van der Waals surface area contributed by atoms with E-state index in [0.29, 0.717) is 34.8 Å². The van der Waals surface area contributed by atoms with Crippen LogP contribution in [0.2, 0.25) is 5.02 Å². The van der Waals surface area contributed by atoms with Gasteiger partial charge in [0.25, 0.3) is 0 Å². The molecule has 27 heavy (non-hydrogen) atoms. The normalized spacial score (nSPS) is 10.3. The molecule has 2 N–H and O–H groups in total. The molecule has 0 aliphatic rings. The Kier molecular flexibility index (Phi) is 6.27. The van der Waals surface area contributed by atoms with E-state index >= 15 is 0 Å². The van der Waals surface area contributed by atoms with E-state index in [0.717, 1.165) is 17.7 Å². The molecule has 0 spiro atoms. The molecule has 0 saturated carbocycles.